The van der Waals surface area contributed by atoms with Crippen molar-refractivity contribution in [1.29, 1.82) is 0 Å². The van der Waals surface area contributed by atoms with Crippen LogP contribution in [0.2, 0.25) is 0 Å². The molecule has 0 aliphatic heterocycles. The lowest BCUT2D eigenvalue weighted by Gasteiger charge is -2.09. The molecule has 0 amide bonds. The van der Waals surface area contributed by atoms with Gasteiger partial charge in [0.05, 0.1) is 13.0 Å². The summed E-state index contributed by atoms with van der Waals surface area (Å²) in [6.45, 7) is 3.48. The lowest BCUT2D eigenvalue weighted by molar-refractivity contribution is -0.137. The van der Waals surface area contributed by atoms with Crippen LogP contribution >= 0.6 is 0 Å². The monoisotopic (exact) mass is 195 g/mol. The van der Waals surface area contributed by atoms with Crippen LogP contribution in [-0.2, 0) is 4.79 Å². The van der Waals surface area contributed by atoms with Crippen molar-refractivity contribution in [1.82, 2.24) is 0 Å². The van der Waals surface area contributed by atoms with Crippen molar-refractivity contribution >= 4 is 5.97 Å². The predicted octanol–water partition coefficient (Wildman–Crippen LogP) is 1.40. The molecule has 0 aliphatic carbocycles. The summed E-state index contributed by atoms with van der Waals surface area (Å²) in [7, 11) is 1.40. The minimum atomic E-state index is -1.02. The number of aromatic hydroxyl groups is 1. The van der Waals surface area contributed by atoms with Gasteiger partial charge in [-0.05, 0) is 24.6 Å². The molecule has 0 fully saturated rings. The molecule has 2 N–H and O–H groups in total. The number of hydrogen-bond acceptors (Lipinski definition) is 3. The first kappa shape index (κ1) is 10.4. The second-order valence-corrected chi connectivity index (χ2v) is 2.82. The van der Waals surface area contributed by atoms with Crippen molar-refractivity contribution in [2.75, 3.05) is 7.11 Å². The Morgan fingerprint density at radius 2 is 2.21 bits per heavy atom. The largest absolute Gasteiger partial charge is 0.504 e. The van der Waals surface area contributed by atoms with Crippen molar-refractivity contribution in [2.45, 2.75) is 5.92 Å². The molecule has 4 heteroatoms. The maximum atomic E-state index is 10.6. The number of rotatable bonds is 3. The number of methoxy groups -OCH3 is 1. The maximum absolute atomic E-state index is 10.6. The normalized spacial score (nSPS) is 12.1. The maximum Gasteiger partial charge on any atom is 0.310 e. The van der Waals surface area contributed by atoms with Gasteiger partial charge in [-0.2, -0.15) is 0 Å². The van der Waals surface area contributed by atoms with Crippen LogP contribution in [0.1, 0.15) is 11.5 Å². The molecule has 0 saturated heterocycles. The Kier molecular flexibility index (Phi) is 2.96. The van der Waals surface area contributed by atoms with E-state index in [-0.39, 0.29) is 11.5 Å². The average Bonchev–Trinajstić information content (AvgIpc) is 2.17. The Morgan fingerprint density at radius 3 is 2.71 bits per heavy atom. The van der Waals surface area contributed by atoms with E-state index in [9.17, 15) is 9.90 Å². The first-order chi connectivity index (χ1) is 6.56. The predicted molar refractivity (Wildman–Crippen MR) is 50.4 cm³/mol. The third kappa shape index (κ3) is 1.96. The highest BCUT2D eigenvalue weighted by atomic mass is 16.5. The van der Waals surface area contributed by atoms with Gasteiger partial charge in [0.1, 0.15) is 0 Å². The second kappa shape index (κ2) is 4.00. The van der Waals surface area contributed by atoms with E-state index in [0.29, 0.717) is 5.56 Å². The molecule has 0 saturated carbocycles. The zero-order valence-corrected chi connectivity index (χ0v) is 7.73. The lowest BCUT2D eigenvalue weighted by Crippen LogP contribution is -2.07. The van der Waals surface area contributed by atoms with Crippen molar-refractivity contribution in [3.63, 3.8) is 0 Å². The molecule has 14 heavy (non-hydrogen) atoms. The van der Waals surface area contributed by atoms with Crippen LogP contribution in [0.25, 0.3) is 0 Å². The number of carboxylic acid groups (broad SMARTS) is 1. The highest BCUT2D eigenvalue weighted by molar-refractivity contribution is 5.77. The molecule has 1 aromatic carbocycles. The van der Waals surface area contributed by atoms with Crippen molar-refractivity contribution in [3.8, 4) is 11.5 Å². The van der Waals surface area contributed by atoms with Crippen LogP contribution in [0.15, 0.2) is 18.2 Å². The van der Waals surface area contributed by atoms with Crippen LogP contribution in [0, 0.1) is 6.92 Å². The van der Waals surface area contributed by atoms with Crippen LogP contribution in [0.3, 0.4) is 0 Å². The first-order valence-corrected chi connectivity index (χ1v) is 3.99. The zero-order valence-electron chi connectivity index (χ0n) is 7.73. The molecule has 1 aromatic rings. The number of benzene rings is 1. The fraction of sp³-hybridized carbons (Fsp3) is 0.200. The van der Waals surface area contributed by atoms with Gasteiger partial charge in [-0.1, -0.05) is 6.07 Å². The molecule has 0 spiro atoms. The lowest BCUT2D eigenvalue weighted by atomic mass is 10.0. The summed E-state index contributed by atoms with van der Waals surface area (Å²) >= 11 is 0. The van der Waals surface area contributed by atoms with Gasteiger partial charge in [0.2, 0.25) is 0 Å². The summed E-state index contributed by atoms with van der Waals surface area (Å²) in [5.41, 5.74) is 0.493. The number of hydrogen-bond donors (Lipinski definition) is 2. The van der Waals surface area contributed by atoms with Gasteiger partial charge in [0, 0.05) is 0 Å². The van der Waals surface area contributed by atoms with Gasteiger partial charge in [-0.15, -0.1) is 0 Å². The molecule has 0 bridgehead atoms. The summed E-state index contributed by atoms with van der Waals surface area (Å²) in [6, 6.07) is 4.35. The van der Waals surface area contributed by atoms with Crippen LogP contribution in [-0.4, -0.2) is 23.3 Å². The third-order valence-corrected chi connectivity index (χ3v) is 1.90. The van der Waals surface area contributed by atoms with E-state index in [2.05, 4.69) is 6.92 Å². The number of aliphatic carboxylic acids is 1. The summed E-state index contributed by atoms with van der Waals surface area (Å²) < 4.78 is 4.84. The Bertz CT molecular complexity index is 346. The molecule has 0 aromatic heterocycles. The minimum absolute atomic E-state index is 0.0196. The number of carboxylic acids is 1. The standard InChI is InChI=1S/C10H11O4/c1-6(10(12)13)7-3-4-8(11)9(5-7)14-2/h3-6,11H,1H2,2H3,(H,12,13). The first-order valence-electron chi connectivity index (χ1n) is 3.99. The molecule has 1 atom stereocenters. The van der Waals surface area contributed by atoms with Gasteiger partial charge >= 0.3 is 5.97 Å². The Hall–Kier alpha value is -1.71. The number of phenols is 1. The van der Waals surface area contributed by atoms with E-state index in [1.807, 2.05) is 0 Å². The molecule has 1 unspecified atom stereocenters. The molecule has 75 valence electrons. The molecular weight excluding hydrogens is 184 g/mol. The van der Waals surface area contributed by atoms with Crippen molar-refractivity contribution in [3.05, 3.63) is 30.7 Å². The number of carbonyl (C=O) groups is 1. The van der Waals surface area contributed by atoms with Gasteiger partial charge in [0.15, 0.2) is 11.5 Å². The molecule has 1 radical (unpaired) electrons. The second-order valence-electron chi connectivity index (χ2n) is 2.82. The summed E-state index contributed by atoms with van der Waals surface area (Å²) in [5, 5.41) is 18.0. The highest BCUT2D eigenvalue weighted by Crippen LogP contribution is 2.29. The van der Waals surface area contributed by atoms with Gasteiger partial charge < -0.3 is 14.9 Å². The summed E-state index contributed by atoms with van der Waals surface area (Å²) in [4.78, 5) is 10.6. The van der Waals surface area contributed by atoms with Gasteiger partial charge in [0.25, 0.3) is 0 Å². The minimum Gasteiger partial charge on any atom is -0.504 e. The number of phenolic OH excluding ortho intramolecular Hbond substituents is 1. The summed E-state index contributed by atoms with van der Waals surface area (Å²) in [6.07, 6.45) is 0. The van der Waals surface area contributed by atoms with Crippen LogP contribution in [0.4, 0.5) is 0 Å². The van der Waals surface area contributed by atoms with Crippen molar-refractivity contribution in [2.24, 2.45) is 0 Å². The Balaban J connectivity index is 3.06. The Labute approximate surface area is 81.8 Å². The Morgan fingerprint density at radius 1 is 1.57 bits per heavy atom. The molecule has 1 rings (SSSR count). The molecular formula is C10H11O4. The highest BCUT2D eigenvalue weighted by Gasteiger charge is 2.15. The van der Waals surface area contributed by atoms with Gasteiger partial charge in [-0.3, -0.25) is 4.79 Å². The van der Waals surface area contributed by atoms with Crippen LogP contribution in [0.5, 0.6) is 11.5 Å². The fourth-order valence-corrected chi connectivity index (χ4v) is 1.05. The smallest absolute Gasteiger partial charge is 0.310 e. The zero-order chi connectivity index (χ0) is 10.7. The summed E-state index contributed by atoms with van der Waals surface area (Å²) in [5.74, 6) is -1.64. The molecule has 0 aliphatic rings. The van der Waals surface area contributed by atoms with E-state index in [0.717, 1.165) is 0 Å². The van der Waals surface area contributed by atoms with E-state index >= 15 is 0 Å². The quantitative estimate of drug-likeness (QED) is 0.765. The fourth-order valence-electron chi connectivity index (χ4n) is 1.05. The van der Waals surface area contributed by atoms with Crippen molar-refractivity contribution < 1.29 is 19.7 Å². The van der Waals surface area contributed by atoms with Crippen LogP contribution < -0.4 is 4.74 Å². The molecule has 0 heterocycles. The van der Waals surface area contributed by atoms with E-state index < -0.39 is 11.9 Å². The molecule has 4 nitrogen and oxygen atoms in total. The number of ether oxygens (including phenoxy) is 1. The average molecular weight is 195 g/mol. The SMILES string of the molecule is [CH2]C(C(=O)O)c1ccc(O)c(OC)c1. The van der Waals surface area contributed by atoms with E-state index in [1.54, 1.807) is 0 Å². The van der Waals surface area contributed by atoms with Gasteiger partial charge in [-0.25, -0.2) is 0 Å². The van der Waals surface area contributed by atoms with E-state index in [1.165, 1.54) is 25.3 Å². The topological polar surface area (TPSA) is 66.8 Å². The van der Waals surface area contributed by atoms with E-state index in [4.69, 9.17) is 9.84 Å². The third-order valence-electron chi connectivity index (χ3n) is 1.90.